The van der Waals surface area contributed by atoms with Gasteiger partial charge in [-0.25, -0.2) is 0 Å². The number of ether oxygens (including phenoxy) is 3. The van der Waals surface area contributed by atoms with E-state index in [0.717, 1.165) is 5.56 Å². The number of phenolic OH excluding ortho intramolecular Hbond substituents is 1. The number of hydrogen-bond acceptors (Lipinski definition) is 5. The van der Waals surface area contributed by atoms with E-state index in [0.29, 0.717) is 22.8 Å². The first-order valence-electron chi connectivity index (χ1n) is 6.86. The van der Waals surface area contributed by atoms with Gasteiger partial charge in [0.1, 0.15) is 29.6 Å². The zero-order valence-electron chi connectivity index (χ0n) is 12.3. The lowest BCUT2D eigenvalue weighted by Crippen LogP contribution is -2.26. The summed E-state index contributed by atoms with van der Waals surface area (Å²) >= 11 is 0. The summed E-state index contributed by atoms with van der Waals surface area (Å²) in [6.45, 7) is 0.206. The summed E-state index contributed by atoms with van der Waals surface area (Å²) in [5.41, 5.74) is 1.22. The fraction of sp³-hybridized carbons (Fsp3) is 0.235. The number of aromatic hydroxyl groups is 1. The number of carbonyl (C=O) groups excluding carboxylic acids is 1. The molecule has 1 aliphatic heterocycles. The minimum atomic E-state index is -0.446. The van der Waals surface area contributed by atoms with Gasteiger partial charge in [0.05, 0.1) is 25.7 Å². The Morgan fingerprint density at radius 2 is 1.95 bits per heavy atom. The molecule has 2 aromatic carbocycles. The number of rotatable bonds is 3. The summed E-state index contributed by atoms with van der Waals surface area (Å²) in [6.07, 6.45) is 0. The van der Waals surface area contributed by atoms with E-state index in [1.54, 1.807) is 32.4 Å². The third kappa shape index (κ3) is 2.35. The van der Waals surface area contributed by atoms with Gasteiger partial charge < -0.3 is 19.3 Å². The first kappa shape index (κ1) is 14.3. The lowest BCUT2D eigenvalue weighted by atomic mass is 9.88. The fourth-order valence-corrected chi connectivity index (χ4v) is 2.61. The molecule has 0 saturated carbocycles. The standard InChI is InChI=1S/C17H16O5/c1-20-11-4-6-12(15(8-11)21-2)14-9-22-16-7-10(18)3-5-13(16)17(14)19/h3-8,14,18H,9H2,1-2H3/t14-/m0/s1. The van der Waals surface area contributed by atoms with Crippen molar-refractivity contribution in [3.8, 4) is 23.0 Å². The third-order valence-electron chi connectivity index (χ3n) is 3.77. The smallest absolute Gasteiger partial charge is 0.177 e. The van der Waals surface area contributed by atoms with Crippen molar-refractivity contribution in [2.45, 2.75) is 5.92 Å². The molecule has 1 heterocycles. The van der Waals surface area contributed by atoms with Crippen LogP contribution >= 0.6 is 0 Å². The molecule has 5 nitrogen and oxygen atoms in total. The zero-order chi connectivity index (χ0) is 15.7. The van der Waals surface area contributed by atoms with Crippen molar-refractivity contribution in [1.82, 2.24) is 0 Å². The van der Waals surface area contributed by atoms with E-state index in [2.05, 4.69) is 0 Å². The molecular weight excluding hydrogens is 284 g/mol. The number of fused-ring (bicyclic) bond motifs is 1. The third-order valence-corrected chi connectivity index (χ3v) is 3.77. The maximum Gasteiger partial charge on any atom is 0.177 e. The molecule has 0 saturated heterocycles. The molecule has 3 rings (SSSR count). The number of Topliss-reactive ketones (excluding diaryl/α,β-unsaturated/α-hetero) is 1. The Kier molecular flexibility index (Phi) is 3.63. The van der Waals surface area contributed by atoms with E-state index in [1.165, 1.54) is 12.1 Å². The van der Waals surface area contributed by atoms with E-state index in [-0.39, 0.29) is 18.1 Å². The predicted molar refractivity (Wildman–Crippen MR) is 80.2 cm³/mol. The summed E-state index contributed by atoms with van der Waals surface area (Å²) in [7, 11) is 3.13. The Morgan fingerprint density at radius 1 is 1.14 bits per heavy atom. The molecule has 5 heteroatoms. The SMILES string of the molecule is COc1ccc([C@@H]2COc3cc(O)ccc3C2=O)c(OC)c1. The quantitative estimate of drug-likeness (QED) is 0.944. The van der Waals surface area contributed by atoms with Crippen LogP contribution in [0.4, 0.5) is 0 Å². The number of carbonyl (C=O) groups is 1. The Labute approximate surface area is 128 Å². The van der Waals surface area contributed by atoms with Crippen molar-refractivity contribution in [2.75, 3.05) is 20.8 Å². The molecule has 2 aromatic rings. The number of benzene rings is 2. The average molecular weight is 300 g/mol. The average Bonchev–Trinajstić information content (AvgIpc) is 2.54. The van der Waals surface area contributed by atoms with Crippen LogP contribution < -0.4 is 14.2 Å². The van der Waals surface area contributed by atoms with Crippen molar-refractivity contribution >= 4 is 5.78 Å². The minimum Gasteiger partial charge on any atom is -0.508 e. The fourth-order valence-electron chi connectivity index (χ4n) is 2.61. The number of ketones is 1. The van der Waals surface area contributed by atoms with Gasteiger partial charge in [0.2, 0.25) is 0 Å². The van der Waals surface area contributed by atoms with Gasteiger partial charge in [-0.05, 0) is 18.2 Å². The monoisotopic (exact) mass is 300 g/mol. The van der Waals surface area contributed by atoms with E-state index in [9.17, 15) is 9.90 Å². The Morgan fingerprint density at radius 3 is 2.68 bits per heavy atom. The van der Waals surface area contributed by atoms with Gasteiger partial charge in [0.15, 0.2) is 5.78 Å². The van der Waals surface area contributed by atoms with Gasteiger partial charge >= 0.3 is 0 Å². The molecule has 0 bridgehead atoms. The van der Waals surface area contributed by atoms with Gasteiger partial charge in [-0.2, -0.15) is 0 Å². The predicted octanol–water partition coefficient (Wildman–Crippen LogP) is 2.77. The van der Waals surface area contributed by atoms with Gasteiger partial charge in [0.25, 0.3) is 0 Å². The largest absolute Gasteiger partial charge is 0.508 e. The molecule has 0 fully saturated rings. The Hall–Kier alpha value is -2.69. The van der Waals surface area contributed by atoms with Crippen LogP contribution in [-0.2, 0) is 0 Å². The van der Waals surface area contributed by atoms with E-state index >= 15 is 0 Å². The molecule has 0 aliphatic carbocycles. The first-order chi connectivity index (χ1) is 10.6. The van der Waals surface area contributed by atoms with Crippen molar-refractivity contribution in [3.05, 3.63) is 47.5 Å². The highest BCUT2D eigenvalue weighted by atomic mass is 16.5. The highest BCUT2D eigenvalue weighted by Crippen LogP contribution is 2.38. The summed E-state index contributed by atoms with van der Waals surface area (Å²) in [6, 6.07) is 9.86. The second-order valence-electron chi connectivity index (χ2n) is 5.02. The molecule has 0 radical (unpaired) electrons. The van der Waals surface area contributed by atoms with Crippen molar-refractivity contribution in [3.63, 3.8) is 0 Å². The molecule has 0 spiro atoms. The Balaban J connectivity index is 2.00. The van der Waals surface area contributed by atoms with Gasteiger partial charge in [-0.15, -0.1) is 0 Å². The van der Waals surface area contributed by atoms with Crippen LogP contribution in [0.15, 0.2) is 36.4 Å². The van der Waals surface area contributed by atoms with Crippen molar-refractivity contribution < 1.29 is 24.1 Å². The maximum absolute atomic E-state index is 12.7. The lowest BCUT2D eigenvalue weighted by molar-refractivity contribution is 0.0894. The molecular formula is C17H16O5. The van der Waals surface area contributed by atoms with Crippen LogP contribution in [0.1, 0.15) is 21.8 Å². The summed E-state index contributed by atoms with van der Waals surface area (Å²) in [5, 5.41) is 9.47. The molecule has 0 amide bonds. The van der Waals surface area contributed by atoms with Crippen LogP contribution in [0, 0.1) is 0 Å². The minimum absolute atomic E-state index is 0.0512. The van der Waals surface area contributed by atoms with Crippen LogP contribution in [0.5, 0.6) is 23.0 Å². The normalized spacial score (nSPS) is 16.6. The van der Waals surface area contributed by atoms with Crippen molar-refractivity contribution in [1.29, 1.82) is 0 Å². The summed E-state index contributed by atoms with van der Waals surface area (Å²) < 4.78 is 16.2. The van der Waals surface area contributed by atoms with E-state index in [1.807, 2.05) is 6.07 Å². The van der Waals surface area contributed by atoms with Crippen molar-refractivity contribution in [2.24, 2.45) is 0 Å². The van der Waals surface area contributed by atoms with Crippen LogP contribution in [0.2, 0.25) is 0 Å². The molecule has 1 atom stereocenters. The van der Waals surface area contributed by atoms with Gasteiger partial charge in [-0.3, -0.25) is 4.79 Å². The van der Waals surface area contributed by atoms with E-state index in [4.69, 9.17) is 14.2 Å². The van der Waals surface area contributed by atoms with Gasteiger partial charge in [0, 0.05) is 17.7 Å². The molecule has 0 aromatic heterocycles. The summed E-state index contributed by atoms with van der Waals surface area (Å²) in [5.74, 6) is 1.24. The molecule has 22 heavy (non-hydrogen) atoms. The highest BCUT2D eigenvalue weighted by molar-refractivity contribution is 6.04. The molecule has 0 unspecified atom stereocenters. The number of methoxy groups -OCH3 is 2. The highest BCUT2D eigenvalue weighted by Gasteiger charge is 2.32. The Bertz CT molecular complexity index is 723. The van der Waals surface area contributed by atoms with Crippen LogP contribution in [0.25, 0.3) is 0 Å². The topological polar surface area (TPSA) is 65.0 Å². The zero-order valence-corrected chi connectivity index (χ0v) is 12.3. The van der Waals surface area contributed by atoms with Crippen LogP contribution in [-0.4, -0.2) is 31.7 Å². The molecule has 1 aliphatic rings. The van der Waals surface area contributed by atoms with Gasteiger partial charge in [-0.1, -0.05) is 6.07 Å². The molecule has 114 valence electrons. The van der Waals surface area contributed by atoms with Crippen LogP contribution in [0.3, 0.4) is 0 Å². The maximum atomic E-state index is 12.7. The second kappa shape index (κ2) is 5.60. The number of phenols is 1. The summed E-state index contributed by atoms with van der Waals surface area (Å²) in [4.78, 5) is 12.7. The molecule has 1 N–H and O–H groups in total. The van der Waals surface area contributed by atoms with E-state index < -0.39 is 5.92 Å². The second-order valence-corrected chi connectivity index (χ2v) is 5.02. The number of hydrogen-bond donors (Lipinski definition) is 1. The lowest BCUT2D eigenvalue weighted by Gasteiger charge is -2.25. The first-order valence-corrected chi connectivity index (χ1v) is 6.86.